The molecule has 1 atom stereocenters. The summed E-state index contributed by atoms with van der Waals surface area (Å²) in [4.78, 5) is 2.53. The van der Waals surface area contributed by atoms with E-state index in [2.05, 4.69) is 18.7 Å². The molecule has 0 amide bonds. The molecule has 0 saturated carbocycles. The number of nitrogens with zero attached hydrogens (tertiary/aromatic N) is 1. The summed E-state index contributed by atoms with van der Waals surface area (Å²) in [6.45, 7) is 9.70. The molecule has 0 aromatic carbocycles. The van der Waals surface area contributed by atoms with Crippen LogP contribution in [-0.4, -0.2) is 43.3 Å². The molecule has 2 aliphatic heterocycles. The summed E-state index contributed by atoms with van der Waals surface area (Å²) in [7, 11) is 0. The van der Waals surface area contributed by atoms with Crippen molar-refractivity contribution in [2.45, 2.75) is 38.6 Å². The molecule has 2 N–H and O–H groups in total. The highest BCUT2D eigenvalue weighted by molar-refractivity contribution is 4.93. The minimum atomic E-state index is -0.0760. The first-order chi connectivity index (χ1) is 6.99. The van der Waals surface area contributed by atoms with Crippen molar-refractivity contribution >= 4 is 0 Å². The van der Waals surface area contributed by atoms with Crippen LogP contribution in [0, 0.1) is 5.41 Å². The molecule has 3 heteroatoms. The van der Waals surface area contributed by atoms with Crippen LogP contribution in [0.15, 0.2) is 0 Å². The maximum atomic E-state index is 6.31. The molecule has 1 unspecified atom stereocenters. The van der Waals surface area contributed by atoms with Crippen LogP contribution in [0.1, 0.15) is 33.1 Å². The minimum absolute atomic E-state index is 0.0760. The molecule has 3 nitrogen and oxygen atoms in total. The number of hydrogen-bond acceptors (Lipinski definition) is 3. The fraction of sp³-hybridized carbons (Fsp3) is 1.00. The molecule has 0 aromatic rings. The molecule has 15 heavy (non-hydrogen) atoms. The zero-order valence-corrected chi connectivity index (χ0v) is 10.1. The largest absolute Gasteiger partial charge is 0.379 e. The van der Waals surface area contributed by atoms with E-state index in [4.69, 9.17) is 10.5 Å². The number of ether oxygens (including phenoxy) is 1. The van der Waals surface area contributed by atoms with Gasteiger partial charge in [0.1, 0.15) is 0 Å². The monoisotopic (exact) mass is 212 g/mol. The topological polar surface area (TPSA) is 38.5 Å². The van der Waals surface area contributed by atoms with Crippen molar-refractivity contribution < 1.29 is 4.74 Å². The minimum Gasteiger partial charge on any atom is -0.379 e. The zero-order chi connectivity index (χ0) is 10.9. The lowest BCUT2D eigenvalue weighted by atomic mass is 9.83. The van der Waals surface area contributed by atoms with Crippen molar-refractivity contribution in [2.75, 3.05) is 32.8 Å². The maximum absolute atomic E-state index is 6.31. The molecular formula is C12H24N2O. The van der Waals surface area contributed by atoms with Crippen molar-refractivity contribution in [3.05, 3.63) is 0 Å². The molecule has 2 aliphatic rings. The van der Waals surface area contributed by atoms with E-state index in [0.717, 1.165) is 26.2 Å². The molecule has 0 aromatic heterocycles. The van der Waals surface area contributed by atoms with Gasteiger partial charge in [-0.05, 0) is 31.2 Å². The van der Waals surface area contributed by atoms with E-state index >= 15 is 0 Å². The van der Waals surface area contributed by atoms with Gasteiger partial charge in [0, 0.05) is 19.7 Å². The molecule has 0 radical (unpaired) electrons. The Morgan fingerprint density at radius 3 is 2.73 bits per heavy atom. The molecule has 2 rings (SSSR count). The lowest BCUT2D eigenvalue weighted by Gasteiger charge is -2.41. The van der Waals surface area contributed by atoms with Crippen molar-refractivity contribution in [3.63, 3.8) is 0 Å². The first-order valence-corrected chi connectivity index (χ1v) is 6.08. The van der Waals surface area contributed by atoms with E-state index in [0.29, 0.717) is 5.41 Å². The lowest BCUT2D eigenvalue weighted by molar-refractivity contribution is 0.0871. The van der Waals surface area contributed by atoms with Crippen LogP contribution in [0.3, 0.4) is 0 Å². The fourth-order valence-electron chi connectivity index (χ4n) is 2.87. The molecule has 2 heterocycles. The Morgan fingerprint density at radius 1 is 1.33 bits per heavy atom. The molecule has 0 aliphatic carbocycles. The average molecular weight is 212 g/mol. The number of piperidine rings is 1. The molecule has 88 valence electrons. The highest BCUT2D eigenvalue weighted by Gasteiger charge is 2.35. The number of likely N-dealkylation sites (tertiary alicyclic amines) is 1. The van der Waals surface area contributed by atoms with E-state index in [-0.39, 0.29) is 5.54 Å². The van der Waals surface area contributed by atoms with Crippen molar-refractivity contribution in [1.82, 2.24) is 4.90 Å². The van der Waals surface area contributed by atoms with E-state index in [1.54, 1.807) is 0 Å². The second kappa shape index (κ2) is 4.04. The summed E-state index contributed by atoms with van der Waals surface area (Å²) >= 11 is 0. The quantitative estimate of drug-likeness (QED) is 0.748. The Labute approximate surface area is 93.0 Å². The number of hydrogen-bond donors (Lipinski definition) is 1. The van der Waals surface area contributed by atoms with Gasteiger partial charge in [-0.1, -0.05) is 13.8 Å². The van der Waals surface area contributed by atoms with Crippen molar-refractivity contribution in [1.29, 1.82) is 0 Å². The Morgan fingerprint density at radius 2 is 2.13 bits per heavy atom. The van der Waals surface area contributed by atoms with Gasteiger partial charge in [-0.3, -0.25) is 0 Å². The van der Waals surface area contributed by atoms with Crippen LogP contribution in [0.25, 0.3) is 0 Å². The molecule has 0 spiro atoms. The van der Waals surface area contributed by atoms with E-state index in [1.807, 2.05) is 0 Å². The van der Waals surface area contributed by atoms with Gasteiger partial charge in [-0.2, -0.15) is 0 Å². The van der Waals surface area contributed by atoms with Crippen LogP contribution in [0.5, 0.6) is 0 Å². The summed E-state index contributed by atoms with van der Waals surface area (Å²) in [5.74, 6) is 0. The lowest BCUT2D eigenvalue weighted by Crippen LogP contribution is -2.54. The third-order valence-electron chi connectivity index (χ3n) is 3.65. The average Bonchev–Trinajstić information content (AvgIpc) is 2.49. The second-order valence-electron chi connectivity index (χ2n) is 6.14. The van der Waals surface area contributed by atoms with E-state index in [9.17, 15) is 0 Å². The van der Waals surface area contributed by atoms with Crippen LogP contribution in [0.4, 0.5) is 0 Å². The first kappa shape index (κ1) is 11.4. The summed E-state index contributed by atoms with van der Waals surface area (Å²) in [6.07, 6.45) is 3.67. The van der Waals surface area contributed by atoms with Crippen molar-refractivity contribution in [3.8, 4) is 0 Å². The van der Waals surface area contributed by atoms with E-state index < -0.39 is 0 Å². The van der Waals surface area contributed by atoms with Crippen LogP contribution >= 0.6 is 0 Å². The smallest absolute Gasteiger partial charge is 0.0659 e. The van der Waals surface area contributed by atoms with Crippen LogP contribution in [0.2, 0.25) is 0 Å². The Bertz CT molecular complexity index is 222. The molecule has 2 fully saturated rings. The Balaban J connectivity index is 1.88. The summed E-state index contributed by atoms with van der Waals surface area (Å²) in [5.41, 5.74) is 6.70. The highest BCUT2D eigenvalue weighted by atomic mass is 16.5. The van der Waals surface area contributed by atoms with Gasteiger partial charge in [0.05, 0.1) is 12.1 Å². The molecule has 2 saturated heterocycles. The third-order valence-corrected chi connectivity index (χ3v) is 3.65. The first-order valence-electron chi connectivity index (χ1n) is 6.08. The second-order valence-corrected chi connectivity index (χ2v) is 6.14. The summed E-state index contributed by atoms with van der Waals surface area (Å²) in [5, 5.41) is 0. The van der Waals surface area contributed by atoms with Gasteiger partial charge < -0.3 is 15.4 Å². The highest BCUT2D eigenvalue weighted by Crippen LogP contribution is 2.29. The van der Waals surface area contributed by atoms with Gasteiger partial charge in [0.15, 0.2) is 0 Å². The summed E-state index contributed by atoms with van der Waals surface area (Å²) in [6, 6.07) is 0. The third kappa shape index (κ3) is 2.92. The predicted octanol–water partition coefficient (Wildman–Crippen LogP) is 1.23. The van der Waals surface area contributed by atoms with Crippen LogP contribution in [-0.2, 0) is 4.74 Å². The van der Waals surface area contributed by atoms with Gasteiger partial charge >= 0.3 is 0 Å². The van der Waals surface area contributed by atoms with Gasteiger partial charge in [-0.15, -0.1) is 0 Å². The normalized spacial score (nSPS) is 37.0. The zero-order valence-electron chi connectivity index (χ0n) is 10.1. The SMILES string of the molecule is CC1(C)CCCN(CC2(N)CCOC2)C1. The fourth-order valence-corrected chi connectivity index (χ4v) is 2.87. The predicted molar refractivity (Wildman–Crippen MR) is 61.8 cm³/mol. The van der Waals surface area contributed by atoms with Gasteiger partial charge in [0.25, 0.3) is 0 Å². The maximum Gasteiger partial charge on any atom is 0.0659 e. The molecular weight excluding hydrogens is 188 g/mol. The standard InChI is InChI=1S/C12H24N2O/c1-11(2)4-3-6-14(8-11)9-12(13)5-7-15-10-12/h3-10,13H2,1-2H3. The Hall–Kier alpha value is -0.120. The van der Waals surface area contributed by atoms with Gasteiger partial charge in [-0.25, -0.2) is 0 Å². The van der Waals surface area contributed by atoms with Gasteiger partial charge in [0.2, 0.25) is 0 Å². The Kier molecular flexibility index (Phi) is 3.06. The van der Waals surface area contributed by atoms with E-state index in [1.165, 1.54) is 25.9 Å². The number of rotatable bonds is 2. The molecule has 0 bridgehead atoms. The number of nitrogens with two attached hydrogens (primary N) is 1. The van der Waals surface area contributed by atoms with Crippen molar-refractivity contribution in [2.24, 2.45) is 11.1 Å². The van der Waals surface area contributed by atoms with Crippen LogP contribution < -0.4 is 5.73 Å². The summed E-state index contributed by atoms with van der Waals surface area (Å²) < 4.78 is 5.40.